The summed E-state index contributed by atoms with van der Waals surface area (Å²) in [6.07, 6.45) is 1.11. The summed E-state index contributed by atoms with van der Waals surface area (Å²) in [5.41, 5.74) is 7.66. The van der Waals surface area contributed by atoms with Crippen molar-refractivity contribution >= 4 is 5.91 Å². The van der Waals surface area contributed by atoms with Crippen LogP contribution in [0.15, 0.2) is 48.5 Å². The van der Waals surface area contributed by atoms with Crippen molar-refractivity contribution in [2.75, 3.05) is 7.11 Å². The summed E-state index contributed by atoms with van der Waals surface area (Å²) in [6.45, 7) is -2.92. The molecule has 2 N–H and O–H groups in total. The lowest BCUT2D eigenvalue weighted by atomic mass is 9.88. The fourth-order valence-corrected chi connectivity index (χ4v) is 3.11. The molecular weight excluding hydrogens is 342 g/mol. The molecule has 138 valence electrons. The molecule has 0 radical (unpaired) electrons. The zero-order valence-electron chi connectivity index (χ0n) is 14.2. The Bertz CT molecular complexity index is 756. The van der Waals surface area contributed by atoms with E-state index >= 15 is 0 Å². The molecule has 0 spiro atoms. The van der Waals surface area contributed by atoms with Gasteiger partial charge in [-0.2, -0.15) is 8.78 Å². The average Bonchev–Trinajstić information content (AvgIpc) is 2.65. The third kappa shape index (κ3) is 4.29. The van der Waals surface area contributed by atoms with E-state index in [0.717, 1.165) is 11.1 Å². The molecule has 26 heavy (non-hydrogen) atoms. The smallest absolute Gasteiger partial charge is 0.387 e. The van der Waals surface area contributed by atoms with Gasteiger partial charge >= 0.3 is 6.61 Å². The van der Waals surface area contributed by atoms with Crippen LogP contribution in [0.1, 0.15) is 23.6 Å². The van der Waals surface area contributed by atoms with Crippen molar-refractivity contribution in [3.05, 3.63) is 59.7 Å². The SMILES string of the molecule is COc1cc(CC2CC(c3ccccc3)NNC2=O)ccc1OC(F)F. The molecule has 1 aliphatic rings. The van der Waals surface area contributed by atoms with Crippen molar-refractivity contribution < 1.29 is 23.0 Å². The first-order valence-electron chi connectivity index (χ1n) is 8.29. The highest BCUT2D eigenvalue weighted by molar-refractivity contribution is 5.79. The molecule has 5 nitrogen and oxygen atoms in total. The number of carbonyl (C=O) groups is 1. The standard InChI is InChI=1S/C19H20F2N2O3/c1-25-17-10-12(7-8-16(17)26-19(20)21)9-14-11-15(22-23-18(14)24)13-5-3-2-4-6-13/h2-8,10,14-15,19,22H,9,11H2,1H3,(H,23,24). The minimum atomic E-state index is -2.92. The Kier molecular flexibility index (Phi) is 5.68. The Hall–Kier alpha value is -2.67. The lowest BCUT2D eigenvalue weighted by Crippen LogP contribution is -2.49. The maximum Gasteiger partial charge on any atom is 0.387 e. The highest BCUT2D eigenvalue weighted by Gasteiger charge is 2.29. The van der Waals surface area contributed by atoms with Gasteiger partial charge in [-0.3, -0.25) is 10.2 Å². The lowest BCUT2D eigenvalue weighted by molar-refractivity contribution is -0.128. The van der Waals surface area contributed by atoms with Crippen LogP contribution in [-0.2, 0) is 11.2 Å². The second kappa shape index (κ2) is 8.14. The van der Waals surface area contributed by atoms with Gasteiger partial charge in [0.15, 0.2) is 11.5 Å². The topological polar surface area (TPSA) is 59.6 Å². The van der Waals surface area contributed by atoms with Crippen LogP contribution in [0.25, 0.3) is 0 Å². The molecule has 0 bridgehead atoms. The van der Waals surface area contributed by atoms with Gasteiger partial charge in [-0.05, 0) is 36.1 Å². The molecule has 0 saturated carbocycles. The molecular formula is C19H20F2N2O3. The van der Waals surface area contributed by atoms with Gasteiger partial charge in [0.05, 0.1) is 13.2 Å². The van der Waals surface area contributed by atoms with Crippen LogP contribution in [0, 0.1) is 5.92 Å². The van der Waals surface area contributed by atoms with Crippen molar-refractivity contribution in [3.63, 3.8) is 0 Å². The number of hydrazine groups is 1. The molecule has 0 aliphatic carbocycles. The summed E-state index contributed by atoms with van der Waals surface area (Å²) in [6, 6.07) is 14.6. The van der Waals surface area contributed by atoms with Crippen molar-refractivity contribution in [1.29, 1.82) is 0 Å². The largest absolute Gasteiger partial charge is 0.493 e. The maximum atomic E-state index is 12.4. The van der Waals surface area contributed by atoms with Crippen LogP contribution in [0.2, 0.25) is 0 Å². The average molecular weight is 362 g/mol. The van der Waals surface area contributed by atoms with E-state index in [1.54, 1.807) is 12.1 Å². The van der Waals surface area contributed by atoms with Gasteiger partial charge in [0.2, 0.25) is 5.91 Å². The minimum Gasteiger partial charge on any atom is -0.493 e. The monoisotopic (exact) mass is 362 g/mol. The molecule has 2 aromatic rings. The summed E-state index contributed by atoms with van der Waals surface area (Å²) in [5, 5.41) is 0. The van der Waals surface area contributed by atoms with E-state index in [0.29, 0.717) is 12.8 Å². The third-order valence-electron chi connectivity index (χ3n) is 4.39. The van der Waals surface area contributed by atoms with E-state index in [4.69, 9.17) is 4.74 Å². The van der Waals surface area contributed by atoms with Gasteiger partial charge in [0.1, 0.15) is 0 Å². The Labute approximate surface area is 150 Å². The van der Waals surface area contributed by atoms with Gasteiger partial charge in [0.25, 0.3) is 0 Å². The summed E-state index contributed by atoms with van der Waals surface area (Å²) in [5.74, 6) is -0.142. The molecule has 0 aromatic heterocycles. The molecule has 1 saturated heterocycles. The predicted molar refractivity (Wildman–Crippen MR) is 91.9 cm³/mol. The molecule has 7 heteroatoms. The summed E-state index contributed by atoms with van der Waals surface area (Å²) < 4.78 is 34.4. The van der Waals surface area contributed by atoms with Crippen LogP contribution < -0.4 is 20.3 Å². The quantitative estimate of drug-likeness (QED) is 0.828. The van der Waals surface area contributed by atoms with Crippen LogP contribution in [0.5, 0.6) is 11.5 Å². The van der Waals surface area contributed by atoms with Crippen molar-refractivity contribution in [2.24, 2.45) is 5.92 Å². The number of ether oxygens (including phenoxy) is 2. The number of halogens is 2. The first-order valence-corrected chi connectivity index (χ1v) is 8.29. The van der Waals surface area contributed by atoms with Crippen LogP contribution in [0.4, 0.5) is 8.78 Å². The molecule has 2 unspecified atom stereocenters. The highest BCUT2D eigenvalue weighted by atomic mass is 19.3. The minimum absolute atomic E-state index is 0.0160. The van der Waals surface area contributed by atoms with Crippen LogP contribution in [-0.4, -0.2) is 19.6 Å². The number of hydrogen-bond acceptors (Lipinski definition) is 4. The number of rotatable bonds is 6. The number of carbonyl (C=O) groups excluding carboxylic acids is 1. The number of amides is 1. The number of benzene rings is 2. The van der Waals surface area contributed by atoms with Crippen molar-refractivity contribution in [2.45, 2.75) is 25.5 Å². The molecule has 2 aromatic carbocycles. The molecule has 1 heterocycles. The lowest BCUT2D eigenvalue weighted by Gasteiger charge is -2.30. The normalized spacial score (nSPS) is 19.9. The molecule has 1 fully saturated rings. The zero-order valence-corrected chi connectivity index (χ0v) is 14.2. The number of methoxy groups -OCH3 is 1. The van der Waals surface area contributed by atoms with E-state index in [9.17, 15) is 13.6 Å². The van der Waals surface area contributed by atoms with E-state index in [2.05, 4.69) is 15.6 Å². The van der Waals surface area contributed by atoms with Crippen LogP contribution >= 0.6 is 0 Å². The van der Waals surface area contributed by atoms with E-state index in [1.165, 1.54) is 13.2 Å². The van der Waals surface area contributed by atoms with E-state index < -0.39 is 6.61 Å². The first-order chi connectivity index (χ1) is 12.6. The van der Waals surface area contributed by atoms with Gasteiger partial charge in [-0.1, -0.05) is 36.4 Å². The van der Waals surface area contributed by atoms with E-state index in [1.807, 2.05) is 30.3 Å². The molecule has 3 rings (SSSR count). The molecule has 1 amide bonds. The van der Waals surface area contributed by atoms with Crippen molar-refractivity contribution in [3.8, 4) is 11.5 Å². The van der Waals surface area contributed by atoms with Crippen LogP contribution in [0.3, 0.4) is 0 Å². The molecule has 2 atom stereocenters. The molecule has 1 aliphatic heterocycles. The third-order valence-corrected chi connectivity index (χ3v) is 4.39. The van der Waals surface area contributed by atoms with Gasteiger partial charge < -0.3 is 9.47 Å². The number of alkyl halides is 2. The number of nitrogens with one attached hydrogen (secondary N) is 2. The van der Waals surface area contributed by atoms with Crippen molar-refractivity contribution in [1.82, 2.24) is 10.9 Å². The fourth-order valence-electron chi connectivity index (χ4n) is 3.11. The fraction of sp³-hybridized carbons (Fsp3) is 0.316. The Morgan fingerprint density at radius 3 is 2.62 bits per heavy atom. The van der Waals surface area contributed by atoms with E-state index in [-0.39, 0.29) is 29.4 Å². The Morgan fingerprint density at radius 1 is 1.15 bits per heavy atom. The van der Waals surface area contributed by atoms with Gasteiger partial charge in [-0.15, -0.1) is 0 Å². The predicted octanol–water partition coefficient (Wildman–Crippen LogP) is 3.22. The summed E-state index contributed by atoms with van der Waals surface area (Å²) in [4.78, 5) is 12.2. The second-order valence-electron chi connectivity index (χ2n) is 6.10. The summed E-state index contributed by atoms with van der Waals surface area (Å²) in [7, 11) is 1.39. The maximum absolute atomic E-state index is 12.4. The Balaban J connectivity index is 1.73. The highest BCUT2D eigenvalue weighted by Crippen LogP contribution is 2.32. The zero-order chi connectivity index (χ0) is 18.5. The summed E-state index contributed by atoms with van der Waals surface area (Å²) >= 11 is 0. The van der Waals surface area contributed by atoms with Gasteiger partial charge in [0, 0.05) is 5.92 Å². The number of hydrogen-bond donors (Lipinski definition) is 2. The first kappa shape index (κ1) is 18.1. The van der Waals surface area contributed by atoms with Gasteiger partial charge in [-0.25, -0.2) is 5.43 Å². The second-order valence-corrected chi connectivity index (χ2v) is 6.10. The Morgan fingerprint density at radius 2 is 1.92 bits per heavy atom.